The van der Waals surface area contributed by atoms with Gasteiger partial charge in [0.2, 0.25) is 5.91 Å². The molecule has 0 saturated heterocycles. The summed E-state index contributed by atoms with van der Waals surface area (Å²) in [6.45, 7) is 2.42. The van der Waals surface area contributed by atoms with Gasteiger partial charge in [-0.2, -0.15) is 13.2 Å². The molecule has 0 saturated carbocycles. The summed E-state index contributed by atoms with van der Waals surface area (Å²) in [5.74, 6) is -3.43. The van der Waals surface area contributed by atoms with E-state index in [0.29, 0.717) is 0 Å². The highest BCUT2D eigenvalue weighted by molar-refractivity contribution is 5.97. The number of carbonyl (C=O) groups excluding carboxylic acids is 1. The molecule has 0 spiro atoms. The molecule has 8 N–H and O–H groups in total. The summed E-state index contributed by atoms with van der Waals surface area (Å²) in [6.07, 6.45) is -3.57. The fraction of sp³-hybridized carbons (Fsp3) is 0.250. The van der Waals surface area contributed by atoms with Crippen LogP contribution < -0.4 is 27.7 Å². The van der Waals surface area contributed by atoms with E-state index in [9.17, 15) is 32.3 Å². The molecule has 1 heterocycles. The highest BCUT2D eigenvalue weighted by Gasteiger charge is 2.31. The van der Waals surface area contributed by atoms with Crippen LogP contribution in [0.15, 0.2) is 41.3 Å². The van der Waals surface area contributed by atoms with Gasteiger partial charge in [0.05, 0.1) is 23.0 Å². The third-order valence-corrected chi connectivity index (χ3v) is 5.32. The Hall–Kier alpha value is -4.62. The van der Waals surface area contributed by atoms with Crippen molar-refractivity contribution in [1.29, 1.82) is 5.41 Å². The molecule has 0 aliphatic heterocycles. The standard InChI is InChI=1S/C24H25F4N7O3/c1-11(2)34-22-23(38)35(17(9-33-22)13-5-14(24(26,27)28)7-15(29)6-13)10-18(36)32-8-12-3-4-16(21(30)31)20(37)19(12)25/h3-7,9,11,37H,8,10,29H2,1-2H3,(H3,30,31)(H,32,36)(H,33,34). The lowest BCUT2D eigenvalue weighted by atomic mass is 10.1. The molecule has 10 nitrogen and oxygen atoms in total. The zero-order valence-electron chi connectivity index (χ0n) is 20.3. The maximum atomic E-state index is 14.5. The van der Waals surface area contributed by atoms with E-state index in [1.165, 1.54) is 18.2 Å². The number of phenolic OH excluding ortho intramolecular Hbond substituents is 1. The molecule has 0 fully saturated rings. The van der Waals surface area contributed by atoms with Crippen LogP contribution in [0.2, 0.25) is 0 Å². The van der Waals surface area contributed by atoms with Crippen LogP contribution in [0.3, 0.4) is 0 Å². The first kappa shape index (κ1) is 28.0. The van der Waals surface area contributed by atoms with E-state index in [-0.39, 0.29) is 39.9 Å². The van der Waals surface area contributed by atoms with Gasteiger partial charge in [0.1, 0.15) is 12.4 Å². The van der Waals surface area contributed by atoms with Crippen LogP contribution in [0.4, 0.5) is 29.1 Å². The van der Waals surface area contributed by atoms with Gasteiger partial charge in [0, 0.05) is 29.4 Å². The highest BCUT2D eigenvalue weighted by Crippen LogP contribution is 2.34. The minimum Gasteiger partial charge on any atom is -0.504 e. The number of halogens is 4. The normalized spacial score (nSPS) is 11.4. The maximum Gasteiger partial charge on any atom is 0.416 e. The summed E-state index contributed by atoms with van der Waals surface area (Å²) < 4.78 is 55.5. The van der Waals surface area contributed by atoms with E-state index in [1.807, 2.05) is 0 Å². The zero-order valence-corrected chi connectivity index (χ0v) is 20.3. The molecule has 38 heavy (non-hydrogen) atoms. The van der Waals surface area contributed by atoms with E-state index in [0.717, 1.165) is 22.9 Å². The minimum atomic E-state index is -4.72. The third kappa shape index (κ3) is 6.19. The lowest BCUT2D eigenvalue weighted by Crippen LogP contribution is -2.35. The molecule has 1 amide bonds. The number of nitrogen functional groups attached to an aromatic ring is 2. The summed E-state index contributed by atoms with van der Waals surface area (Å²) in [6, 6.07) is 4.93. The Morgan fingerprint density at radius 2 is 1.92 bits per heavy atom. The van der Waals surface area contributed by atoms with E-state index in [1.54, 1.807) is 13.8 Å². The Labute approximate surface area is 213 Å². The zero-order chi connectivity index (χ0) is 28.4. The van der Waals surface area contributed by atoms with Gasteiger partial charge >= 0.3 is 6.18 Å². The molecule has 3 rings (SSSR count). The van der Waals surface area contributed by atoms with Crippen molar-refractivity contribution in [2.75, 3.05) is 11.1 Å². The number of amidine groups is 1. The number of hydrogen-bond acceptors (Lipinski definition) is 7. The van der Waals surface area contributed by atoms with Crippen molar-refractivity contribution >= 4 is 23.2 Å². The fourth-order valence-corrected chi connectivity index (χ4v) is 3.56. The number of rotatable bonds is 8. The van der Waals surface area contributed by atoms with Gasteiger partial charge in [0.25, 0.3) is 5.56 Å². The van der Waals surface area contributed by atoms with Crippen molar-refractivity contribution in [3.8, 4) is 17.0 Å². The van der Waals surface area contributed by atoms with Crippen molar-refractivity contribution in [3.05, 3.63) is 69.4 Å². The molecule has 0 atom stereocenters. The second kappa shape index (κ2) is 10.8. The summed E-state index contributed by atoms with van der Waals surface area (Å²) >= 11 is 0. The minimum absolute atomic E-state index is 0.0957. The predicted octanol–water partition coefficient (Wildman–Crippen LogP) is 2.78. The lowest BCUT2D eigenvalue weighted by molar-refractivity contribution is -0.137. The molecule has 0 bridgehead atoms. The van der Waals surface area contributed by atoms with Crippen LogP contribution in [0.1, 0.15) is 30.5 Å². The number of benzene rings is 2. The number of nitrogens with zero attached hydrogens (tertiary/aromatic N) is 2. The van der Waals surface area contributed by atoms with Gasteiger partial charge < -0.3 is 27.2 Å². The van der Waals surface area contributed by atoms with Crippen LogP contribution in [-0.4, -0.2) is 32.4 Å². The Balaban J connectivity index is 1.98. The Kier molecular flexibility index (Phi) is 7.93. The summed E-state index contributed by atoms with van der Waals surface area (Å²) in [5, 5.41) is 22.4. The quantitative estimate of drug-likeness (QED) is 0.111. The molecule has 1 aromatic heterocycles. The topological polar surface area (TPSA) is 172 Å². The average molecular weight is 536 g/mol. The number of hydrogen-bond donors (Lipinski definition) is 6. The van der Waals surface area contributed by atoms with Gasteiger partial charge in [-0.25, -0.2) is 9.37 Å². The molecular formula is C24H25F4N7O3. The molecule has 14 heteroatoms. The van der Waals surface area contributed by atoms with Crippen molar-refractivity contribution < 1.29 is 27.5 Å². The Morgan fingerprint density at radius 1 is 1.24 bits per heavy atom. The number of alkyl halides is 3. The first-order valence-corrected chi connectivity index (χ1v) is 11.1. The maximum absolute atomic E-state index is 14.5. The van der Waals surface area contributed by atoms with Crippen LogP contribution >= 0.6 is 0 Å². The van der Waals surface area contributed by atoms with E-state index in [2.05, 4.69) is 15.6 Å². The van der Waals surface area contributed by atoms with Crippen LogP contribution in [0.25, 0.3) is 11.3 Å². The van der Waals surface area contributed by atoms with Crippen LogP contribution in [0, 0.1) is 11.2 Å². The largest absolute Gasteiger partial charge is 0.504 e. The van der Waals surface area contributed by atoms with Gasteiger partial charge in [-0.05, 0) is 38.1 Å². The Bertz CT molecular complexity index is 1450. The van der Waals surface area contributed by atoms with E-state index < -0.39 is 53.7 Å². The van der Waals surface area contributed by atoms with Crippen molar-refractivity contribution in [3.63, 3.8) is 0 Å². The lowest BCUT2D eigenvalue weighted by Gasteiger charge is -2.17. The monoisotopic (exact) mass is 535 g/mol. The number of nitrogens with one attached hydrogen (secondary N) is 3. The highest BCUT2D eigenvalue weighted by atomic mass is 19.4. The smallest absolute Gasteiger partial charge is 0.416 e. The molecule has 0 radical (unpaired) electrons. The van der Waals surface area contributed by atoms with Gasteiger partial charge in [-0.3, -0.25) is 19.6 Å². The second-order valence-electron chi connectivity index (χ2n) is 8.65. The second-order valence-corrected chi connectivity index (χ2v) is 8.65. The van der Waals surface area contributed by atoms with E-state index in [4.69, 9.17) is 16.9 Å². The van der Waals surface area contributed by atoms with Crippen LogP contribution in [-0.2, 0) is 24.1 Å². The molecule has 0 unspecified atom stereocenters. The number of aromatic hydroxyl groups is 1. The molecular weight excluding hydrogens is 510 g/mol. The fourth-order valence-electron chi connectivity index (χ4n) is 3.56. The number of amides is 1. The molecule has 3 aromatic rings. The van der Waals surface area contributed by atoms with Gasteiger partial charge in [-0.1, -0.05) is 6.07 Å². The first-order valence-electron chi connectivity index (χ1n) is 11.1. The molecule has 202 valence electrons. The molecule has 2 aromatic carbocycles. The average Bonchev–Trinajstić information content (AvgIpc) is 2.81. The number of anilines is 2. The Morgan fingerprint density at radius 3 is 2.53 bits per heavy atom. The number of phenols is 1. The molecule has 0 aliphatic carbocycles. The number of aromatic nitrogens is 2. The first-order chi connectivity index (χ1) is 17.7. The van der Waals surface area contributed by atoms with Crippen LogP contribution in [0.5, 0.6) is 5.75 Å². The molecule has 0 aliphatic rings. The summed E-state index contributed by atoms with van der Waals surface area (Å²) in [4.78, 5) is 29.9. The van der Waals surface area contributed by atoms with Crippen molar-refractivity contribution in [2.45, 2.75) is 39.2 Å². The van der Waals surface area contributed by atoms with Gasteiger partial charge in [-0.15, -0.1) is 0 Å². The summed E-state index contributed by atoms with van der Waals surface area (Å²) in [5.41, 5.74) is 8.34. The predicted molar refractivity (Wildman–Crippen MR) is 133 cm³/mol. The van der Waals surface area contributed by atoms with Gasteiger partial charge in [0.15, 0.2) is 17.4 Å². The summed E-state index contributed by atoms with van der Waals surface area (Å²) in [7, 11) is 0. The van der Waals surface area contributed by atoms with Crippen molar-refractivity contribution in [2.24, 2.45) is 5.73 Å². The number of nitrogens with two attached hydrogens (primary N) is 2. The number of carbonyl (C=O) groups is 1. The SMILES string of the molecule is CC(C)Nc1ncc(-c2cc(N)cc(C(F)(F)F)c2)n(CC(=O)NCc2ccc(C(=N)N)c(O)c2F)c1=O. The van der Waals surface area contributed by atoms with Crippen molar-refractivity contribution in [1.82, 2.24) is 14.9 Å². The van der Waals surface area contributed by atoms with E-state index >= 15 is 0 Å². The third-order valence-electron chi connectivity index (χ3n) is 5.32.